The SMILES string of the molecule is NCC(OCc1cccs1)c1cccc(F)c1. The second kappa shape index (κ2) is 5.91. The van der Waals surface area contributed by atoms with Crippen LogP contribution >= 0.6 is 11.3 Å². The summed E-state index contributed by atoms with van der Waals surface area (Å²) >= 11 is 1.63. The summed E-state index contributed by atoms with van der Waals surface area (Å²) in [5.74, 6) is -0.263. The third-order valence-electron chi connectivity index (χ3n) is 2.44. The van der Waals surface area contributed by atoms with Crippen LogP contribution in [-0.2, 0) is 11.3 Å². The first-order chi connectivity index (χ1) is 8.29. The van der Waals surface area contributed by atoms with Crippen LogP contribution in [0, 0.1) is 5.82 Å². The molecule has 1 atom stereocenters. The van der Waals surface area contributed by atoms with Gasteiger partial charge in [0.05, 0.1) is 12.7 Å². The highest BCUT2D eigenvalue weighted by Crippen LogP contribution is 2.20. The maximum atomic E-state index is 13.1. The first-order valence-corrected chi connectivity index (χ1v) is 6.27. The van der Waals surface area contributed by atoms with Crippen molar-refractivity contribution in [1.82, 2.24) is 0 Å². The number of hydrogen-bond acceptors (Lipinski definition) is 3. The van der Waals surface area contributed by atoms with Gasteiger partial charge in [-0.25, -0.2) is 4.39 Å². The van der Waals surface area contributed by atoms with Gasteiger partial charge >= 0.3 is 0 Å². The fourth-order valence-electron chi connectivity index (χ4n) is 1.58. The van der Waals surface area contributed by atoms with E-state index in [-0.39, 0.29) is 11.9 Å². The molecule has 1 unspecified atom stereocenters. The third-order valence-corrected chi connectivity index (χ3v) is 3.29. The molecule has 0 aliphatic heterocycles. The fourth-order valence-corrected chi connectivity index (χ4v) is 2.21. The average molecular weight is 251 g/mol. The van der Waals surface area contributed by atoms with Crippen molar-refractivity contribution in [2.24, 2.45) is 5.73 Å². The summed E-state index contributed by atoms with van der Waals surface area (Å²) in [5, 5.41) is 2.00. The molecular formula is C13H14FNOS. The van der Waals surface area contributed by atoms with Gasteiger partial charge in [-0.05, 0) is 29.1 Å². The van der Waals surface area contributed by atoms with Gasteiger partial charge in [-0.2, -0.15) is 0 Å². The Hall–Kier alpha value is -1.23. The number of halogens is 1. The van der Waals surface area contributed by atoms with Crippen LogP contribution in [0.5, 0.6) is 0 Å². The van der Waals surface area contributed by atoms with Gasteiger partial charge in [-0.1, -0.05) is 18.2 Å². The predicted octanol–water partition coefficient (Wildman–Crippen LogP) is 3.10. The van der Waals surface area contributed by atoms with Gasteiger partial charge in [0.15, 0.2) is 0 Å². The molecule has 1 aromatic heterocycles. The fraction of sp³-hybridized carbons (Fsp3) is 0.231. The highest BCUT2D eigenvalue weighted by Gasteiger charge is 2.11. The summed E-state index contributed by atoms with van der Waals surface area (Å²) < 4.78 is 18.8. The molecule has 0 bridgehead atoms. The molecule has 0 aliphatic carbocycles. The summed E-state index contributed by atoms with van der Waals surface area (Å²) in [6.45, 7) is 0.852. The number of thiophene rings is 1. The van der Waals surface area contributed by atoms with Crippen LogP contribution in [0.15, 0.2) is 41.8 Å². The van der Waals surface area contributed by atoms with Crippen molar-refractivity contribution in [1.29, 1.82) is 0 Å². The van der Waals surface area contributed by atoms with Crippen molar-refractivity contribution in [3.63, 3.8) is 0 Å². The van der Waals surface area contributed by atoms with Crippen molar-refractivity contribution < 1.29 is 9.13 Å². The third kappa shape index (κ3) is 3.36. The Kier molecular flexibility index (Phi) is 4.25. The number of rotatable bonds is 5. The lowest BCUT2D eigenvalue weighted by Gasteiger charge is -2.15. The molecule has 0 spiro atoms. The lowest BCUT2D eigenvalue weighted by molar-refractivity contribution is 0.0471. The normalized spacial score (nSPS) is 12.6. The topological polar surface area (TPSA) is 35.2 Å². The Morgan fingerprint density at radius 2 is 2.18 bits per heavy atom. The molecule has 17 heavy (non-hydrogen) atoms. The minimum absolute atomic E-state index is 0.257. The van der Waals surface area contributed by atoms with E-state index in [1.807, 2.05) is 23.6 Å². The molecule has 0 saturated carbocycles. The monoisotopic (exact) mass is 251 g/mol. The van der Waals surface area contributed by atoms with Crippen molar-refractivity contribution in [2.75, 3.05) is 6.54 Å². The summed E-state index contributed by atoms with van der Waals surface area (Å²) in [6, 6.07) is 10.4. The second-order valence-corrected chi connectivity index (χ2v) is 4.70. The Balaban J connectivity index is 2.01. The highest BCUT2D eigenvalue weighted by atomic mass is 32.1. The highest BCUT2D eigenvalue weighted by molar-refractivity contribution is 7.09. The molecule has 0 aliphatic rings. The van der Waals surface area contributed by atoms with Gasteiger partial charge in [-0.3, -0.25) is 0 Å². The number of hydrogen-bond donors (Lipinski definition) is 1. The molecule has 0 saturated heterocycles. The summed E-state index contributed by atoms with van der Waals surface area (Å²) in [4.78, 5) is 1.14. The van der Waals surface area contributed by atoms with Gasteiger partial charge in [0.1, 0.15) is 5.82 Å². The quantitative estimate of drug-likeness (QED) is 0.886. The smallest absolute Gasteiger partial charge is 0.123 e. The first kappa shape index (κ1) is 12.2. The van der Waals surface area contributed by atoms with E-state index < -0.39 is 0 Å². The first-order valence-electron chi connectivity index (χ1n) is 5.39. The van der Waals surface area contributed by atoms with E-state index in [4.69, 9.17) is 10.5 Å². The molecule has 90 valence electrons. The van der Waals surface area contributed by atoms with Gasteiger partial charge in [0.25, 0.3) is 0 Å². The minimum Gasteiger partial charge on any atom is -0.367 e. The number of ether oxygens (including phenoxy) is 1. The van der Waals surface area contributed by atoms with Crippen LogP contribution < -0.4 is 5.73 Å². The Morgan fingerprint density at radius 3 is 2.82 bits per heavy atom. The minimum atomic E-state index is -0.263. The molecule has 1 heterocycles. The Morgan fingerprint density at radius 1 is 1.29 bits per heavy atom. The van der Waals surface area contributed by atoms with Gasteiger partial charge in [0, 0.05) is 11.4 Å². The molecular weight excluding hydrogens is 237 g/mol. The predicted molar refractivity (Wildman–Crippen MR) is 67.3 cm³/mol. The lowest BCUT2D eigenvalue weighted by Crippen LogP contribution is -2.15. The lowest BCUT2D eigenvalue weighted by atomic mass is 10.1. The van der Waals surface area contributed by atoms with Gasteiger partial charge in [-0.15, -0.1) is 11.3 Å². The zero-order valence-corrected chi connectivity index (χ0v) is 10.1. The van der Waals surface area contributed by atoms with Gasteiger partial charge in [0.2, 0.25) is 0 Å². The van der Waals surface area contributed by atoms with Crippen LogP contribution in [0.3, 0.4) is 0 Å². The van der Waals surface area contributed by atoms with E-state index in [1.54, 1.807) is 17.4 Å². The largest absolute Gasteiger partial charge is 0.367 e. The van der Waals surface area contributed by atoms with E-state index in [1.165, 1.54) is 12.1 Å². The molecule has 2 aromatic rings. The maximum absolute atomic E-state index is 13.1. The summed E-state index contributed by atoms with van der Waals surface area (Å²) in [6.07, 6.45) is -0.257. The molecule has 2 N–H and O–H groups in total. The van der Waals surface area contributed by atoms with E-state index in [0.29, 0.717) is 13.2 Å². The molecule has 2 rings (SSSR count). The van der Waals surface area contributed by atoms with Crippen molar-refractivity contribution in [3.8, 4) is 0 Å². The molecule has 0 fully saturated rings. The van der Waals surface area contributed by atoms with Gasteiger partial charge < -0.3 is 10.5 Å². The molecule has 0 amide bonds. The Labute approximate surface area is 104 Å². The molecule has 1 aromatic carbocycles. The van der Waals surface area contributed by atoms with E-state index in [0.717, 1.165) is 10.4 Å². The standard InChI is InChI=1S/C13H14FNOS/c14-11-4-1-3-10(7-11)13(8-15)16-9-12-5-2-6-17-12/h1-7,13H,8-9,15H2. The van der Waals surface area contributed by atoms with Crippen molar-refractivity contribution in [3.05, 3.63) is 58.0 Å². The van der Waals surface area contributed by atoms with E-state index in [2.05, 4.69) is 0 Å². The van der Waals surface area contributed by atoms with Crippen LogP contribution in [0.2, 0.25) is 0 Å². The molecule has 4 heteroatoms. The maximum Gasteiger partial charge on any atom is 0.123 e. The zero-order chi connectivity index (χ0) is 12.1. The average Bonchev–Trinajstić information content (AvgIpc) is 2.83. The van der Waals surface area contributed by atoms with Crippen molar-refractivity contribution in [2.45, 2.75) is 12.7 Å². The van der Waals surface area contributed by atoms with Crippen LogP contribution in [-0.4, -0.2) is 6.54 Å². The summed E-state index contributed by atoms with van der Waals surface area (Å²) in [7, 11) is 0. The summed E-state index contributed by atoms with van der Waals surface area (Å²) in [5.41, 5.74) is 6.43. The second-order valence-electron chi connectivity index (χ2n) is 3.67. The molecule has 2 nitrogen and oxygen atoms in total. The Bertz CT molecular complexity index is 458. The van der Waals surface area contributed by atoms with E-state index >= 15 is 0 Å². The number of benzene rings is 1. The number of nitrogens with two attached hydrogens (primary N) is 1. The van der Waals surface area contributed by atoms with Crippen LogP contribution in [0.1, 0.15) is 16.5 Å². The molecule has 0 radical (unpaired) electrons. The van der Waals surface area contributed by atoms with Crippen molar-refractivity contribution >= 4 is 11.3 Å². The van der Waals surface area contributed by atoms with Crippen LogP contribution in [0.4, 0.5) is 4.39 Å². The van der Waals surface area contributed by atoms with E-state index in [9.17, 15) is 4.39 Å². The van der Waals surface area contributed by atoms with Crippen LogP contribution in [0.25, 0.3) is 0 Å². The zero-order valence-electron chi connectivity index (χ0n) is 9.30.